The zero-order valence-corrected chi connectivity index (χ0v) is 10.5. The Balaban J connectivity index is 1.84. The van der Waals surface area contributed by atoms with Gasteiger partial charge in [-0.15, -0.1) is 0 Å². The minimum Gasteiger partial charge on any atom is -0.375 e. The lowest BCUT2D eigenvalue weighted by Crippen LogP contribution is -2.33. The van der Waals surface area contributed by atoms with Crippen LogP contribution in [0.1, 0.15) is 33.6 Å². The SMILES string of the molecule is CC(C)(C)OCCNCCN1CCCC1. The third kappa shape index (κ3) is 6.88. The van der Waals surface area contributed by atoms with Crippen molar-refractivity contribution in [2.45, 2.75) is 39.2 Å². The highest BCUT2D eigenvalue weighted by Crippen LogP contribution is 2.06. The first-order valence-electron chi connectivity index (χ1n) is 6.15. The standard InChI is InChI=1S/C12H26N2O/c1-12(2,3)15-11-7-13-6-10-14-8-4-5-9-14/h13H,4-11H2,1-3H3. The third-order valence-electron chi connectivity index (χ3n) is 2.62. The van der Waals surface area contributed by atoms with E-state index in [1.807, 2.05) is 0 Å². The van der Waals surface area contributed by atoms with Gasteiger partial charge >= 0.3 is 0 Å². The van der Waals surface area contributed by atoms with Crippen molar-refractivity contribution in [1.29, 1.82) is 0 Å². The van der Waals surface area contributed by atoms with Crippen molar-refractivity contribution in [3.63, 3.8) is 0 Å². The van der Waals surface area contributed by atoms with Crippen LogP contribution >= 0.6 is 0 Å². The van der Waals surface area contributed by atoms with E-state index in [4.69, 9.17) is 4.74 Å². The van der Waals surface area contributed by atoms with Crippen molar-refractivity contribution in [2.75, 3.05) is 39.3 Å². The number of likely N-dealkylation sites (tertiary alicyclic amines) is 1. The highest BCUT2D eigenvalue weighted by Gasteiger charge is 2.10. The van der Waals surface area contributed by atoms with Crippen LogP contribution in [0, 0.1) is 0 Å². The first kappa shape index (κ1) is 12.9. The summed E-state index contributed by atoms with van der Waals surface area (Å²) in [5.74, 6) is 0. The molecule has 90 valence electrons. The Labute approximate surface area is 94.2 Å². The highest BCUT2D eigenvalue weighted by atomic mass is 16.5. The summed E-state index contributed by atoms with van der Waals surface area (Å²) in [4.78, 5) is 2.53. The van der Waals surface area contributed by atoms with Crippen molar-refractivity contribution in [3.05, 3.63) is 0 Å². The molecule has 0 spiro atoms. The van der Waals surface area contributed by atoms with Crippen LogP contribution in [-0.4, -0.2) is 49.8 Å². The van der Waals surface area contributed by atoms with E-state index in [1.165, 1.54) is 32.5 Å². The van der Waals surface area contributed by atoms with Gasteiger partial charge in [-0.25, -0.2) is 0 Å². The third-order valence-corrected chi connectivity index (χ3v) is 2.62. The number of rotatable bonds is 6. The average Bonchev–Trinajstić information content (AvgIpc) is 2.61. The second-order valence-corrected chi connectivity index (χ2v) is 5.26. The first-order valence-corrected chi connectivity index (χ1v) is 6.15. The van der Waals surface area contributed by atoms with Crippen LogP contribution in [0.5, 0.6) is 0 Å². The quantitative estimate of drug-likeness (QED) is 0.678. The summed E-state index contributed by atoms with van der Waals surface area (Å²) in [6, 6.07) is 0. The summed E-state index contributed by atoms with van der Waals surface area (Å²) >= 11 is 0. The fraction of sp³-hybridized carbons (Fsp3) is 1.00. The van der Waals surface area contributed by atoms with Gasteiger partial charge in [0.25, 0.3) is 0 Å². The van der Waals surface area contributed by atoms with E-state index < -0.39 is 0 Å². The van der Waals surface area contributed by atoms with Gasteiger partial charge in [0, 0.05) is 19.6 Å². The van der Waals surface area contributed by atoms with Crippen molar-refractivity contribution < 1.29 is 4.74 Å². The summed E-state index contributed by atoms with van der Waals surface area (Å²) in [6.07, 6.45) is 2.76. The Morgan fingerprint density at radius 1 is 1.13 bits per heavy atom. The van der Waals surface area contributed by atoms with E-state index in [0.717, 1.165) is 19.7 Å². The van der Waals surface area contributed by atoms with E-state index in [1.54, 1.807) is 0 Å². The van der Waals surface area contributed by atoms with Crippen LogP contribution in [0.2, 0.25) is 0 Å². The molecule has 1 heterocycles. The van der Waals surface area contributed by atoms with Gasteiger partial charge in [0.1, 0.15) is 0 Å². The van der Waals surface area contributed by atoms with Gasteiger partial charge < -0.3 is 15.0 Å². The molecule has 1 N–H and O–H groups in total. The summed E-state index contributed by atoms with van der Waals surface area (Å²) in [6.45, 7) is 12.9. The van der Waals surface area contributed by atoms with Gasteiger partial charge in [0.05, 0.1) is 12.2 Å². The predicted octanol–water partition coefficient (Wildman–Crippen LogP) is 1.49. The normalized spacial score (nSPS) is 18.6. The van der Waals surface area contributed by atoms with Crippen LogP contribution in [-0.2, 0) is 4.74 Å². The molecule has 0 amide bonds. The van der Waals surface area contributed by atoms with Crippen LogP contribution < -0.4 is 5.32 Å². The molecule has 0 aromatic rings. The number of ether oxygens (including phenoxy) is 1. The molecule has 0 atom stereocenters. The zero-order valence-electron chi connectivity index (χ0n) is 10.5. The van der Waals surface area contributed by atoms with Crippen molar-refractivity contribution in [2.24, 2.45) is 0 Å². The van der Waals surface area contributed by atoms with Gasteiger partial charge in [-0.1, -0.05) is 0 Å². The number of hydrogen-bond acceptors (Lipinski definition) is 3. The van der Waals surface area contributed by atoms with Crippen LogP contribution in [0.15, 0.2) is 0 Å². The summed E-state index contributed by atoms with van der Waals surface area (Å²) in [5, 5.41) is 3.42. The maximum Gasteiger partial charge on any atom is 0.0599 e. The number of nitrogens with zero attached hydrogens (tertiary/aromatic N) is 1. The van der Waals surface area contributed by atoms with Gasteiger partial charge in [0.2, 0.25) is 0 Å². The molecule has 15 heavy (non-hydrogen) atoms. The van der Waals surface area contributed by atoms with E-state index in [-0.39, 0.29) is 5.60 Å². The molecule has 0 aromatic carbocycles. The Hall–Kier alpha value is -0.120. The van der Waals surface area contributed by atoms with Crippen molar-refractivity contribution in [3.8, 4) is 0 Å². The molecule has 0 radical (unpaired) electrons. The molecule has 0 aliphatic carbocycles. The van der Waals surface area contributed by atoms with Crippen molar-refractivity contribution >= 4 is 0 Å². The number of nitrogens with one attached hydrogen (secondary N) is 1. The van der Waals surface area contributed by atoms with Gasteiger partial charge in [0.15, 0.2) is 0 Å². The number of hydrogen-bond donors (Lipinski definition) is 1. The zero-order chi connectivity index (χ0) is 11.1. The average molecular weight is 214 g/mol. The Morgan fingerprint density at radius 2 is 1.80 bits per heavy atom. The second kappa shape index (κ2) is 6.46. The molecule has 0 saturated carbocycles. The fourth-order valence-electron chi connectivity index (χ4n) is 1.80. The molecule has 3 heteroatoms. The molecule has 1 rings (SSSR count). The van der Waals surface area contributed by atoms with Gasteiger partial charge in [-0.2, -0.15) is 0 Å². The minimum atomic E-state index is -0.00334. The largest absolute Gasteiger partial charge is 0.375 e. The summed E-state index contributed by atoms with van der Waals surface area (Å²) < 4.78 is 5.63. The van der Waals surface area contributed by atoms with Crippen LogP contribution in [0.4, 0.5) is 0 Å². The van der Waals surface area contributed by atoms with Crippen molar-refractivity contribution in [1.82, 2.24) is 10.2 Å². The molecule has 3 nitrogen and oxygen atoms in total. The molecular formula is C12H26N2O. The Morgan fingerprint density at radius 3 is 2.40 bits per heavy atom. The highest BCUT2D eigenvalue weighted by molar-refractivity contribution is 4.67. The smallest absolute Gasteiger partial charge is 0.0599 e. The molecular weight excluding hydrogens is 188 g/mol. The van der Waals surface area contributed by atoms with Crippen LogP contribution in [0.3, 0.4) is 0 Å². The van der Waals surface area contributed by atoms with E-state index in [9.17, 15) is 0 Å². The lowest BCUT2D eigenvalue weighted by atomic mass is 10.2. The lowest BCUT2D eigenvalue weighted by molar-refractivity contribution is -0.000846. The monoisotopic (exact) mass is 214 g/mol. The second-order valence-electron chi connectivity index (χ2n) is 5.26. The maximum atomic E-state index is 5.63. The lowest BCUT2D eigenvalue weighted by Gasteiger charge is -2.20. The molecule has 1 fully saturated rings. The summed E-state index contributed by atoms with van der Waals surface area (Å²) in [5.41, 5.74) is -0.00334. The maximum absolute atomic E-state index is 5.63. The molecule has 1 saturated heterocycles. The molecule has 0 unspecified atom stereocenters. The Bertz CT molecular complexity index is 159. The molecule has 1 aliphatic rings. The Kier molecular flexibility index (Phi) is 5.58. The van der Waals surface area contributed by atoms with Crippen LogP contribution in [0.25, 0.3) is 0 Å². The topological polar surface area (TPSA) is 24.5 Å². The van der Waals surface area contributed by atoms with E-state index in [0.29, 0.717) is 0 Å². The van der Waals surface area contributed by atoms with E-state index in [2.05, 4.69) is 31.0 Å². The van der Waals surface area contributed by atoms with Gasteiger partial charge in [-0.3, -0.25) is 0 Å². The van der Waals surface area contributed by atoms with E-state index >= 15 is 0 Å². The fourth-order valence-corrected chi connectivity index (χ4v) is 1.80. The molecule has 0 bridgehead atoms. The predicted molar refractivity (Wildman–Crippen MR) is 64.2 cm³/mol. The molecule has 0 aromatic heterocycles. The first-order chi connectivity index (χ1) is 7.08. The minimum absolute atomic E-state index is 0.00334. The summed E-state index contributed by atoms with van der Waals surface area (Å²) in [7, 11) is 0. The molecule has 1 aliphatic heterocycles. The van der Waals surface area contributed by atoms with Gasteiger partial charge in [-0.05, 0) is 46.7 Å².